The standard InChI is InChI=1S/C12H25N/c1-3-4-10-13-11-12(2)8-6-5-7-9-12/h13H,3-11H2,1-2H3. The highest BCUT2D eigenvalue weighted by molar-refractivity contribution is 4.80. The van der Waals surface area contributed by atoms with Crippen LogP contribution in [0.25, 0.3) is 0 Å². The molecule has 1 fully saturated rings. The van der Waals surface area contributed by atoms with Gasteiger partial charge in [0.05, 0.1) is 0 Å². The Morgan fingerprint density at radius 2 is 1.85 bits per heavy atom. The van der Waals surface area contributed by atoms with E-state index in [9.17, 15) is 0 Å². The SMILES string of the molecule is CCCCNCC1(C)CCCCC1. The van der Waals surface area contributed by atoms with Crippen molar-refractivity contribution < 1.29 is 0 Å². The van der Waals surface area contributed by atoms with Crippen LogP contribution in [0.4, 0.5) is 0 Å². The van der Waals surface area contributed by atoms with Crippen LogP contribution in [0.2, 0.25) is 0 Å². The maximum Gasteiger partial charge on any atom is 0.000516 e. The molecule has 1 aliphatic carbocycles. The van der Waals surface area contributed by atoms with Crippen LogP contribution in [0.15, 0.2) is 0 Å². The fraction of sp³-hybridized carbons (Fsp3) is 1.00. The Balaban J connectivity index is 2.10. The first-order valence-corrected chi connectivity index (χ1v) is 5.97. The minimum Gasteiger partial charge on any atom is -0.316 e. The molecule has 0 heterocycles. The summed E-state index contributed by atoms with van der Waals surface area (Å²) < 4.78 is 0. The molecule has 0 amide bonds. The van der Waals surface area contributed by atoms with Gasteiger partial charge in [-0.1, -0.05) is 39.5 Å². The van der Waals surface area contributed by atoms with Crippen LogP contribution < -0.4 is 5.32 Å². The zero-order valence-electron chi connectivity index (χ0n) is 9.36. The van der Waals surface area contributed by atoms with Crippen LogP contribution in [0.1, 0.15) is 58.8 Å². The Hall–Kier alpha value is -0.0400. The average molecular weight is 183 g/mol. The molecule has 1 aliphatic rings. The number of unbranched alkanes of at least 4 members (excludes halogenated alkanes) is 1. The second-order valence-corrected chi connectivity index (χ2v) is 4.90. The fourth-order valence-corrected chi connectivity index (χ4v) is 2.27. The molecular formula is C12H25N. The first-order valence-electron chi connectivity index (χ1n) is 5.97. The zero-order valence-corrected chi connectivity index (χ0v) is 9.36. The van der Waals surface area contributed by atoms with Crippen molar-refractivity contribution in [2.45, 2.75) is 58.8 Å². The van der Waals surface area contributed by atoms with Gasteiger partial charge in [-0.2, -0.15) is 0 Å². The maximum atomic E-state index is 3.60. The van der Waals surface area contributed by atoms with Crippen LogP contribution in [-0.2, 0) is 0 Å². The summed E-state index contributed by atoms with van der Waals surface area (Å²) in [5.41, 5.74) is 0.617. The molecule has 0 spiro atoms. The van der Waals surface area contributed by atoms with Gasteiger partial charge in [0.2, 0.25) is 0 Å². The summed E-state index contributed by atoms with van der Waals surface area (Å²) in [5, 5.41) is 3.60. The average Bonchev–Trinajstić information content (AvgIpc) is 2.14. The Labute approximate surface area is 83.3 Å². The van der Waals surface area contributed by atoms with E-state index in [1.807, 2.05) is 0 Å². The highest BCUT2D eigenvalue weighted by Crippen LogP contribution is 2.34. The van der Waals surface area contributed by atoms with Gasteiger partial charge < -0.3 is 5.32 Å². The third kappa shape index (κ3) is 4.12. The molecule has 0 unspecified atom stereocenters. The number of nitrogens with one attached hydrogen (secondary N) is 1. The zero-order chi connectivity index (χ0) is 9.57. The van der Waals surface area contributed by atoms with Crippen molar-refractivity contribution in [3.05, 3.63) is 0 Å². The van der Waals surface area contributed by atoms with Crippen molar-refractivity contribution in [3.8, 4) is 0 Å². The maximum absolute atomic E-state index is 3.60. The van der Waals surface area contributed by atoms with Crippen molar-refractivity contribution in [3.63, 3.8) is 0 Å². The Kier molecular flexibility index (Phi) is 4.79. The molecule has 0 aromatic carbocycles. The summed E-state index contributed by atoms with van der Waals surface area (Å²) in [6.07, 6.45) is 9.88. The van der Waals surface area contributed by atoms with E-state index in [1.54, 1.807) is 0 Å². The lowest BCUT2D eigenvalue weighted by Crippen LogP contribution is -2.34. The Bertz CT molecular complexity index is 125. The van der Waals surface area contributed by atoms with Gasteiger partial charge in [0.15, 0.2) is 0 Å². The lowest BCUT2D eigenvalue weighted by atomic mass is 9.76. The molecule has 0 aromatic heterocycles. The molecule has 1 heteroatoms. The molecule has 78 valence electrons. The smallest absolute Gasteiger partial charge is 0.000516 e. The van der Waals surface area contributed by atoms with Crippen molar-refractivity contribution in [2.24, 2.45) is 5.41 Å². The summed E-state index contributed by atoms with van der Waals surface area (Å²) in [6, 6.07) is 0. The van der Waals surface area contributed by atoms with E-state index in [0.29, 0.717) is 5.41 Å². The Morgan fingerprint density at radius 1 is 1.15 bits per heavy atom. The summed E-state index contributed by atoms with van der Waals surface area (Å²) in [7, 11) is 0. The van der Waals surface area contributed by atoms with E-state index in [1.165, 1.54) is 58.0 Å². The first-order chi connectivity index (χ1) is 6.27. The topological polar surface area (TPSA) is 12.0 Å². The molecule has 1 nitrogen and oxygen atoms in total. The normalized spacial score (nSPS) is 21.7. The second-order valence-electron chi connectivity index (χ2n) is 4.90. The third-order valence-corrected chi connectivity index (χ3v) is 3.32. The second kappa shape index (κ2) is 5.64. The van der Waals surface area contributed by atoms with Crippen LogP contribution in [-0.4, -0.2) is 13.1 Å². The first kappa shape index (κ1) is 11.0. The predicted molar refractivity (Wildman–Crippen MR) is 59.0 cm³/mol. The molecule has 0 aliphatic heterocycles. The molecule has 0 atom stereocenters. The van der Waals surface area contributed by atoms with Gasteiger partial charge in [0.25, 0.3) is 0 Å². The minimum absolute atomic E-state index is 0.617. The van der Waals surface area contributed by atoms with Gasteiger partial charge in [-0.15, -0.1) is 0 Å². The van der Waals surface area contributed by atoms with E-state index >= 15 is 0 Å². The highest BCUT2D eigenvalue weighted by atomic mass is 14.9. The number of hydrogen-bond donors (Lipinski definition) is 1. The molecule has 0 bridgehead atoms. The van der Waals surface area contributed by atoms with Gasteiger partial charge in [-0.05, 0) is 31.2 Å². The van der Waals surface area contributed by atoms with Gasteiger partial charge in [0.1, 0.15) is 0 Å². The lowest BCUT2D eigenvalue weighted by molar-refractivity contribution is 0.208. The van der Waals surface area contributed by atoms with Crippen molar-refractivity contribution in [1.82, 2.24) is 5.32 Å². The molecule has 0 saturated heterocycles. The van der Waals surface area contributed by atoms with E-state index in [2.05, 4.69) is 19.2 Å². The largest absolute Gasteiger partial charge is 0.316 e. The third-order valence-electron chi connectivity index (χ3n) is 3.32. The molecule has 0 aromatic rings. The van der Waals surface area contributed by atoms with Crippen LogP contribution in [0, 0.1) is 5.41 Å². The fourth-order valence-electron chi connectivity index (χ4n) is 2.27. The quantitative estimate of drug-likeness (QED) is 0.645. The molecule has 13 heavy (non-hydrogen) atoms. The van der Waals surface area contributed by atoms with Crippen molar-refractivity contribution in [2.75, 3.05) is 13.1 Å². The summed E-state index contributed by atoms with van der Waals surface area (Å²) in [5.74, 6) is 0. The Morgan fingerprint density at radius 3 is 2.46 bits per heavy atom. The number of hydrogen-bond acceptors (Lipinski definition) is 1. The predicted octanol–water partition coefficient (Wildman–Crippen LogP) is 3.35. The minimum atomic E-state index is 0.617. The van der Waals surface area contributed by atoms with Crippen molar-refractivity contribution >= 4 is 0 Å². The molecule has 0 radical (unpaired) electrons. The molecule has 1 rings (SSSR count). The molecule has 1 N–H and O–H groups in total. The number of rotatable bonds is 5. The van der Waals surface area contributed by atoms with Crippen molar-refractivity contribution in [1.29, 1.82) is 0 Å². The van der Waals surface area contributed by atoms with Gasteiger partial charge >= 0.3 is 0 Å². The van der Waals surface area contributed by atoms with E-state index in [-0.39, 0.29) is 0 Å². The molecular weight excluding hydrogens is 158 g/mol. The van der Waals surface area contributed by atoms with Crippen LogP contribution >= 0.6 is 0 Å². The molecule has 1 saturated carbocycles. The van der Waals surface area contributed by atoms with E-state index in [0.717, 1.165) is 0 Å². The lowest BCUT2D eigenvalue weighted by Gasteiger charge is -2.33. The summed E-state index contributed by atoms with van der Waals surface area (Å²) in [6.45, 7) is 7.16. The van der Waals surface area contributed by atoms with Gasteiger partial charge in [0, 0.05) is 6.54 Å². The van der Waals surface area contributed by atoms with Gasteiger partial charge in [-0.25, -0.2) is 0 Å². The van der Waals surface area contributed by atoms with E-state index < -0.39 is 0 Å². The monoisotopic (exact) mass is 183 g/mol. The van der Waals surface area contributed by atoms with Gasteiger partial charge in [-0.3, -0.25) is 0 Å². The van der Waals surface area contributed by atoms with Crippen LogP contribution in [0.3, 0.4) is 0 Å². The summed E-state index contributed by atoms with van der Waals surface area (Å²) in [4.78, 5) is 0. The van der Waals surface area contributed by atoms with E-state index in [4.69, 9.17) is 0 Å². The summed E-state index contributed by atoms with van der Waals surface area (Å²) >= 11 is 0. The highest BCUT2D eigenvalue weighted by Gasteiger charge is 2.25. The van der Waals surface area contributed by atoms with Crippen LogP contribution in [0.5, 0.6) is 0 Å².